The van der Waals surface area contributed by atoms with Gasteiger partial charge >= 0.3 is 6.09 Å². The number of amides is 1. The molecule has 5 heteroatoms. The lowest BCUT2D eigenvalue weighted by atomic mass is 9.96. The maximum absolute atomic E-state index is 12.6. The lowest BCUT2D eigenvalue weighted by Gasteiger charge is -2.15. The number of anilines is 1. The fourth-order valence-electron chi connectivity index (χ4n) is 4.11. The average molecular weight is 433 g/mol. The third-order valence-corrected chi connectivity index (χ3v) is 6.38. The van der Waals surface area contributed by atoms with Crippen LogP contribution in [0.25, 0.3) is 11.1 Å². The van der Waals surface area contributed by atoms with Crippen LogP contribution in [0, 0.1) is 6.92 Å². The summed E-state index contributed by atoms with van der Waals surface area (Å²) in [5.74, 6) is 0. The van der Waals surface area contributed by atoms with Gasteiger partial charge in [0.15, 0.2) is 0 Å². The molecule has 0 aromatic heterocycles. The van der Waals surface area contributed by atoms with Crippen LogP contribution in [0.2, 0.25) is 5.02 Å². The molecule has 0 unspecified atom stereocenters. The minimum absolute atomic E-state index is 0.269. The van der Waals surface area contributed by atoms with E-state index in [0.29, 0.717) is 24.2 Å². The van der Waals surface area contributed by atoms with Crippen molar-refractivity contribution in [3.8, 4) is 11.1 Å². The fourth-order valence-corrected chi connectivity index (χ4v) is 4.41. The maximum Gasteiger partial charge on any atom is 0.410 e. The predicted molar refractivity (Wildman–Crippen MR) is 124 cm³/mol. The Labute approximate surface area is 187 Å². The van der Waals surface area contributed by atoms with Crippen molar-refractivity contribution < 1.29 is 9.53 Å². The van der Waals surface area contributed by atoms with Crippen LogP contribution < -0.4 is 5.32 Å². The second kappa shape index (κ2) is 8.27. The monoisotopic (exact) mass is 432 g/mol. The smallest absolute Gasteiger partial charge is 0.410 e. The lowest BCUT2D eigenvalue weighted by Crippen LogP contribution is -2.26. The molecular formula is C26H25ClN2O2. The molecule has 0 bridgehead atoms. The molecule has 1 aliphatic carbocycles. The average Bonchev–Trinajstić information content (AvgIpc) is 3.49. The quantitative estimate of drug-likeness (QED) is 0.497. The Bertz CT molecular complexity index is 1130. The predicted octanol–water partition coefficient (Wildman–Crippen LogP) is 6.54. The van der Waals surface area contributed by atoms with Crippen LogP contribution in [0.4, 0.5) is 10.5 Å². The zero-order valence-electron chi connectivity index (χ0n) is 17.5. The number of rotatable bonds is 5. The van der Waals surface area contributed by atoms with Crippen LogP contribution in [-0.2, 0) is 24.4 Å². The highest BCUT2D eigenvalue weighted by Gasteiger charge is 2.27. The molecule has 0 spiro atoms. The molecule has 5 rings (SSSR count). The van der Waals surface area contributed by atoms with Crippen molar-refractivity contribution >= 4 is 23.4 Å². The summed E-state index contributed by atoms with van der Waals surface area (Å²) in [6.07, 6.45) is 2.17. The first kappa shape index (κ1) is 20.0. The van der Waals surface area contributed by atoms with Gasteiger partial charge in [-0.15, -0.1) is 0 Å². The van der Waals surface area contributed by atoms with Crippen molar-refractivity contribution in [1.82, 2.24) is 4.90 Å². The number of benzene rings is 3. The van der Waals surface area contributed by atoms with Gasteiger partial charge in [-0.25, -0.2) is 4.79 Å². The number of nitrogens with one attached hydrogen (secondary N) is 1. The number of halogens is 1. The molecule has 31 heavy (non-hydrogen) atoms. The van der Waals surface area contributed by atoms with E-state index in [2.05, 4.69) is 36.5 Å². The molecule has 1 fully saturated rings. The summed E-state index contributed by atoms with van der Waals surface area (Å²) in [5, 5.41) is 4.31. The molecule has 158 valence electrons. The van der Waals surface area contributed by atoms with Gasteiger partial charge in [0, 0.05) is 23.3 Å². The largest absolute Gasteiger partial charge is 0.445 e. The minimum Gasteiger partial charge on any atom is -0.445 e. The SMILES string of the molecule is Cc1c(NC2CC2)cccc1-c1cc(Cl)c2c(c1)CN(C(=O)OCc1ccccc1)C2. The Balaban J connectivity index is 1.33. The first-order valence-corrected chi connectivity index (χ1v) is 11.1. The summed E-state index contributed by atoms with van der Waals surface area (Å²) < 4.78 is 5.51. The zero-order chi connectivity index (χ0) is 21.4. The van der Waals surface area contributed by atoms with E-state index >= 15 is 0 Å². The van der Waals surface area contributed by atoms with Crippen molar-refractivity contribution in [3.63, 3.8) is 0 Å². The summed E-state index contributed by atoms with van der Waals surface area (Å²) in [5.41, 5.74) is 7.72. The van der Waals surface area contributed by atoms with Gasteiger partial charge in [-0.05, 0) is 71.3 Å². The van der Waals surface area contributed by atoms with Crippen molar-refractivity contribution in [2.45, 2.75) is 45.5 Å². The minimum atomic E-state index is -0.315. The molecule has 1 saturated carbocycles. The van der Waals surface area contributed by atoms with Crippen LogP contribution in [-0.4, -0.2) is 17.0 Å². The van der Waals surface area contributed by atoms with Gasteiger partial charge in [-0.2, -0.15) is 0 Å². The number of ether oxygens (including phenoxy) is 1. The van der Waals surface area contributed by atoms with Crippen LogP contribution >= 0.6 is 11.6 Å². The highest BCUT2D eigenvalue weighted by molar-refractivity contribution is 6.31. The second-order valence-electron chi connectivity index (χ2n) is 8.39. The zero-order valence-corrected chi connectivity index (χ0v) is 18.3. The van der Waals surface area contributed by atoms with E-state index in [1.807, 2.05) is 36.4 Å². The number of hydrogen-bond donors (Lipinski definition) is 1. The van der Waals surface area contributed by atoms with Crippen LogP contribution in [0.5, 0.6) is 0 Å². The second-order valence-corrected chi connectivity index (χ2v) is 8.80. The van der Waals surface area contributed by atoms with E-state index in [4.69, 9.17) is 16.3 Å². The number of carbonyl (C=O) groups excluding carboxylic acids is 1. The summed E-state index contributed by atoms with van der Waals surface area (Å²) in [6.45, 7) is 3.40. The summed E-state index contributed by atoms with van der Waals surface area (Å²) in [4.78, 5) is 14.3. The first-order valence-electron chi connectivity index (χ1n) is 10.7. The lowest BCUT2D eigenvalue weighted by molar-refractivity contribution is 0.0955. The fraction of sp³-hybridized carbons (Fsp3) is 0.269. The molecule has 1 amide bonds. The van der Waals surface area contributed by atoms with E-state index in [1.54, 1.807) is 4.90 Å². The Morgan fingerprint density at radius 3 is 2.68 bits per heavy atom. The molecule has 0 radical (unpaired) electrons. The highest BCUT2D eigenvalue weighted by atomic mass is 35.5. The van der Waals surface area contributed by atoms with E-state index in [9.17, 15) is 4.79 Å². The van der Waals surface area contributed by atoms with Crippen molar-refractivity contribution in [2.24, 2.45) is 0 Å². The molecule has 1 N–H and O–H groups in total. The van der Waals surface area contributed by atoms with E-state index in [0.717, 1.165) is 22.3 Å². The first-order chi connectivity index (χ1) is 15.1. The Morgan fingerprint density at radius 1 is 1.10 bits per heavy atom. The molecule has 1 heterocycles. The molecule has 3 aromatic rings. The maximum atomic E-state index is 12.6. The highest BCUT2D eigenvalue weighted by Crippen LogP contribution is 2.37. The number of hydrogen-bond acceptors (Lipinski definition) is 3. The van der Waals surface area contributed by atoms with Gasteiger partial charge in [0.05, 0.1) is 6.54 Å². The molecule has 0 atom stereocenters. The standard InChI is InChI=1S/C26H25ClN2O2/c1-17-22(8-5-9-25(17)28-21-10-11-21)19-12-20-14-29(15-23(20)24(27)13-19)26(30)31-16-18-6-3-2-4-7-18/h2-9,12-13,21,28H,10-11,14-16H2,1H3. The van der Waals surface area contributed by atoms with Crippen molar-refractivity contribution in [2.75, 3.05) is 5.32 Å². The van der Waals surface area contributed by atoms with E-state index < -0.39 is 0 Å². The summed E-state index contributed by atoms with van der Waals surface area (Å²) >= 11 is 6.66. The normalized spacial score (nSPS) is 15.0. The third-order valence-electron chi connectivity index (χ3n) is 6.04. The van der Waals surface area contributed by atoms with Gasteiger partial charge in [-0.1, -0.05) is 54.1 Å². The van der Waals surface area contributed by atoms with Crippen LogP contribution in [0.15, 0.2) is 60.7 Å². The van der Waals surface area contributed by atoms with Gasteiger partial charge in [-0.3, -0.25) is 4.90 Å². The van der Waals surface area contributed by atoms with Gasteiger partial charge in [0.2, 0.25) is 0 Å². The topological polar surface area (TPSA) is 41.6 Å². The third kappa shape index (κ3) is 4.26. The van der Waals surface area contributed by atoms with Crippen molar-refractivity contribution in [1.29, 1.82) is 0 Å². The number of carbonyl (C=O) groups is 1. The van der Waals surface area contributed by atoms with Crippen LogP contribution in [0.1, 0.15) is 35.1 Å². The molecular weight excluding hydrogens is 408 g/mol. The molecule has 4 nitrogen and oxygen atoms in total. The van der Waals surface area contributed by atoms with Gasteiger partial charge in [0.25, 0.3) is 0 Å². The summed E-state index contributed by atoms with van der Waals surface area (Å²) in [7, 11) is 0. The molecule has 1 aliphatic heterocycles. The number of fused-ring (bicyclic) bond motifs is 1. The molecule has 3 aromatic carbocycles. The summed E-state index contributed by atoms with van der Waals surface area (Å²) in [6, 6.07) is 20.9. The molecule has 0 saturated heterocycles. The van der Waals surface area contributed by atoms with Gasteiger partial charge < -0.3 is 10.1 Å². The van der Waals surface area contributed by atoms with E-state index in [1.165, 1.54) is 29.7 Å². The van der Waals surface area contributed by atoms with Gasteiger partial charge in [0.1, 0.15) is 6.61 Å². The van der Waals surface area contributed by atoms with Crippen LogP contribution in [0.3, 0.4) is 0 Å². The Kier molecular flexibility index (Phi) is 5.33. The Hall–Kier alpha value is -2.98. The molecule has 2 aliphatic rings. The number of nitrogens with zero attached hydrogens (tertiary/aromatic N) is 1. The van der Waals surface area contributed by atoms with Crippen molar-refractivity contribution in [3.05, 3.63) is 87.9 Å². The Morgan fingerprint density at radius 2 is 1.90 bits per heavy atom. The van der Waals surface area contributed by atoms with E-state index in [-0.39, 0.29) is 12.7 Å².